The molecule has 4 nitrogen and oxygen atoms in total. The Labute approximate surface area is 122 Å². The van der Waals surface area contributed by atoms with Gasteiger partial charge < -0.3 is 15.2 Å². The first-order valence-electron chi connectivity index (χ1n) is 6.11. The molecule has 2 rings (SSSR count). The van der Waals surface area contributed by atoms with Crippen molar-refractivity contribution in [1.29, 1.82) is 0 Å². The number of nitrogens with one attached hydrogen (secondary N) is 1. The second-order valence-corrected chi connectivity index (χ2v) is 4.40. The lowest BCUT2D eigenvalue weighted by Crippen LogP contribution is -2.28. The van der Waals surface area contributed by atoms with Gasteiger partial charge in [-0.15, -0.1) is 11.6 Å². The number of benzene rings is 2. The topological polar surface area (TPSA) is 58.6 Å². The lowest BCUT2D eigenvalue weighted by molar-refractivity contribution is 0.201. The SMILES string of the molecule is O=C(NCCCl)Oc1ccccc1-c1ccccc1O. The molecule has 0 aliphatic rings. The third-order valence-electron chi connectivity index (χ3n) is 2.65. The van der Waals surface area contributed by atoms with Crippen LogP contribution in [0.1, 0.15) is 0 Å². The van der Waals surface area contributed by atoms with E-state index < -0.39 is 6.09 Å². The zero-order chi connectivity index (χ0) is 14.4. The summed E-state index contributed by atoms with van der Waals surface area (Å²) < 4.78 is 5.24. The number of para-hydroxylation sites is 2. The molecule has 0 unspecified atom stereocenters. The Bertz CT molecular complexity index is 601. The smallest absolute Gasteiger partial charge is 0.412 e. The molecule has 0 heterocycles. The van der Waals surface area contributed by atoms with Crippen molar-refractivity contribution in [3.8, 4) is 22.6 Å². The number of rotatable bonds is 4. The number of alkyl halides is 1. The summed E-state index contributed by atoms with van der Waals surface area (Å²) in [5.41, 5.74) is 1.25. The molecule has 2 aromatic carbocycles. The van der Waals surface area contributed by atoms with E-state index in [2.05, 4.69) is 5.32 Å². The van der Waals surface area contributed by atoms with E-state index in [-0.39, 0.29) is 5.75 Å². The number of phenols is 1. The molecule has 104 valence electrons. The van der Waals surface area contributed by atoms with Gasteiger partial charge in [0.05, 0.1) is 0 Å². The van der Waals surface area contributed by atoms with Crippen LogP contribution >= 0.6 is 11.6 Å². The van der Waals surface area contributed by atoms with Gasteiger partial charge in [0.25, 0.3) is 0 Å². The largest absolute Gasteiger partial charge is 0.507 e. The van der Waals surface area contributed by atoms with Crippen LogP contribution < -0.4 is 10.1 Å². The van der Waals surface area contributed by atoms with Gasteiger partial charge in [0.1, 0.15) is 11.5 Å². The number of carbonyl (C=O) groups is 1. The summed E-state index contributed by atoms with van der Waals surface area (Å²) in [5, 5.41) is 12.4. The van der Waals surface area contributed by atoms with E-state index in [0.29, 0.717) is 29.3 Å². The molecule has 0 aliphatic carbocycles. The highest BCUT2D eigenvalue weighted by Gasteiger charge is 2.12. The molecule has 0 radical (unpaired) electrons. The van der Waals surface area contributed by atoms with Crippen LogP contribution in [0.25, 0.3) is 11.1 Å². The number of halogens is 1. The zero-order valence-corrected chi connectivity index (χ0v) is 11.4. The van der Waals surface area contributed by atoms with Gasteiger partial charge in [0.15, 0.2) is 0 Å². The van der Waals surface area contributed by atoms with Crippen LogP contribution in [0.2, 0.25) is 0 Å². The average molecular weight is 292 g/mol. The predicted octanol–water partition coefficient (Wildman–Crippen LogP) is 3.39. The molecule has 0 fully saturated rings. The fraction of sp³-hybridized carbons (Fsp3) is 0.133. The minimum absolute atomic E-state index is 0.129. The summed E-state index contributed by atoms with van der Waals surface area (Å²) >= 11 is 5.49. The van der Waals surface area contributed by atoms with Crippen molar-refractivity contribution in [2.75, 3.05) is 12.4 Å². The molecular formula is C15H14ClNO3. The average Bonchev–Trinajstić information content (AvgIpc) is 2.46. The third kappa shape index (κ3) is 3.42. The standard InChI is InChI=1S/C15H14ClNO3/c16-9-10-17-15(19)20-14-8-4-2-6-12(14)11-5-1-3-7-13(11)18/h1-8,18H,9-10H2,(H,17,19). The van der Waals surface area contributed by atoms with Gasteiger partial charge >= 0.3 is 6.09 Å². The van der Waals surface area contributed by atoms with Crippen molar-refractivity contribution in [3.63, 3.8) is 0 Å². The molecular weight excluding hydrogens is 278 g/mol. The minimum atomic E-state index is -0.575. The normalized spacial score (nSPS) is 10.1. The van der Waals surface area contributed by atoms with E-state index in [9.17, 15) is 9.90 Å². The first kappa shape index (κ1) is 14.2. The molecule has 2 aromatic rings. The predicted molar refractivity (Wildman–Crippen MR) is 78.3 cm³/mol. The number of hydrogen-bond acceptors (Lipinski definition) is 3. The monoisotopic (exact) mass is 291 g/mol. The van der Waals surface area contributed by atoms with Crippen LogP contribution in [-0.4, -0.2) is 23.6 Å². The number of carbonyl (C=O) groups excluding carboxylic acids is 1. The van der Waals surface area contributed by atoms with Gasteiger partial charge in [-0.2, -0.15) is 0 Å². The van der Waals surface area contributed by atoms with Gasteiger partial charge in [-0.05, 0) is 12.1 Å². The molecule has 0 spiro atoms. The number of aromatic hydroxyl groups is 1. The maximum absolute atomic E-state index is 11.6. The fourth-order valence-corrected chi connectivity index (χ4v) is 1.86. The van der Waals surface area contributed by atoms with Crippen molar-refractivity contribution >= 4 is 17.7 Å². The van der Waals surface area contributed by atoms with E-state index in [0.717, 1.165) is 0 Å². The Balaban J connectivity index is 2.27. The molecule has 0 atom stereocenters. The second-order valence-electron chi connectivity index (χ2n) is 4.02. The first-order chi connectivity index (χ1) is 9.72. The summed E-state index contributed by atoms with van der Waals surface area (Å²) in [6, 6.07) is 13.9. The van der Waals surface area contributed by atoms with Gasteiger partial charge in [0.2, 0.25) is 0 Å². The van der Waals surface area contributed by atoms with Crippen LogP contribution in [-0.2, 0) is 0 Å². The van der Waals surface area contributed by atoms with Crippen LogP contribution in [0.5, 0.6) is 11.5 Å². The first-order valence-corrected chi connectivity index (χ1v) is 6.65. The van der Waals surface area contributed by atoms with E-state index in [1.807, 2.05) is 6.07 Å². The summed E-state index contributed by atoms with van der Waals surface area (Å²) in [4.78, 5) is 11.6. The summed E-state index contributed by atoms with van der Waals surface area (Å²) in [6.45, 7) is 0.332. The maximum Gasteiger partial charge on any atom is 0.412 e. The Morgan fingerprint density at radius 3 is 2.45 bits per heavy atom. The highest BCUT2D eigenvalue weighted by Crippen LogP contribution is 2.35. The minimum Gasteiger partial charge on any atom is -0.507 e. The Kier molecular flexibility index (Phi) is 4.85. The van der Waals surface area contributed by atoms with E-state index >= 15 is 0 Å². The highest BCUT2D eigenvalue weighted by molar-refractivity contribution is 6.18. The fourth-order valence-electron chi connectivity index (χ4n) is 1.76. The number of amides is 1. The van der Waals surface area contributed by atoms with E-state index in [4.69, 9.17) is 16.3 Å². The number of ether oxygens (including phenoxy) is 1. The van der Waals surface area contributed by atoms with Crippen molar-refractivity contribution in [1.82, 2.24) is 5.32 Å². The number of phenolic OH excluding ortho intramolecular Hbond substituents is 1. The lowest BCUT2D eigenvalue weighted by Gasteiger charge is -2.11. The van der Waals surface area contributed by atoms with Crippen LogP contribution in [0.3, 0.4) is 0 Å². The van der Waals surface area contributed by atoms with Crippen LogP contribution in [0.4, 0.5) is 4.79 Å². The van der Waals surface area contributed by atoms with Crippen LogP contribution in [0.15, 0.2) is 48.5 Å². The van der Waals surface area contributed by atoms with Crippen molar-refractivity contribution in [2.45, 2.75) is 0 Å². The van der Waals surface area contributed by atoms with Crippen molar-refractivity contribution in [2.24, 2.45) is 0 Å². The van der Waals surface area contributed by atoms with Gasteiger partial charge in [0, 0.05) is 23.6 Å². The lowest BCUT2D eigenvalue weighted by atomic mass is 10.0. The molecule has 5 heteroatoms. The molecule has 2 N–H and O–H groups in total. The molecule has 0 aliphatic heterocycles. The Hall–Kier alpha value is -2.20. The zero-order valence-electron chi connectivity index (χ0n) is 10.7. The van der Waals surface area contributed by atoms with E-state index in [1.54, 1.807) is 42.5 Å². The maximum atomic E-state index is 11.6. The van der Waals surface area contributed by atoms with Crippen molar-refractivity contribution < 1.29 is 14.6 Å². The summed E-state index contributed by atoms with van der Waals surface area (Å²) in [6.07, 6.45) is -0.575. The Morgan fingerprint density at radius 2 is 1.75 bits per heavy atom. The van der Waals surface area contributed by atoms with Gasteiger partial charge in [-0.3, -0.25) is 0 Å². The summed E-state index contributed by atoms with van der Waals surface area (Å²) in [7, 11) is 0. The van der Waals surface area contributed by atoms with Gasteiger partial charge in [-0.25, -0.2) is 4.79 Å². The molecule has 0 aromatic heterocycles. The van der Waals surface area contributed by atoms with Gasteiger partial charge in [-0.1, -0.05) is 36.4 Å². The quantitative estimate of drug-likeness (QED) is 0.849. The summed E-state index contributed by atoms with van der Waals surface area (Å²) in [5.74, 6) is 0.821. The molecule has 0 bridgehead atoms. The molecule has 1 amide bonds. The number of hydrogen-bond donors (Lipinski definition) is 2. The highest BCUT2D eigenvalue weighted by atomic mass is 35.5. The molecule has 0 saturated carbocycles. The molecule has 20 heavy (non-hydrogen) atoms. The van der Waals surface area contributed by atoms with Crippen LogP contribution in [0, 0.1) is 0 Å². The molecule has 0 saturated heterocycles. The van der Waals surface area contributed by atoms with Crippen molar-refractivity contribution in [3.05, 3.63) is 48.5 Å². The third-order valence-corrected chi connectivity index (χ3v) is 2.84. The van der Waals surface area contributed by atoms with E-state index in [1.165, 1.54) is 0 Å². The second kappa shape index (κ2) is 6.82. The Morgan fingerprint density at radius 1 is 1.10 bits per heavy atom.